The third-order valence-electron chi connectivity index (χ3n) is 3.37. The van der Waals surface area contributed by atoms with Crippen LogP contribution in [0.25, 0.3) is 0 Å². The second-order valence-electron chi connectivity index (χ2n) is 4.98. The maximum Gasteiger partial charge on any atom is 0.326 e. The molecule has 1 N–H and O–H groups in total. The summed E-state index contributed by atoms with van der Waals surface area (Å²) < 4.78 is 7.04. The molecule has 0 bridgehead atoms. The molecule has 1 rings (SSSR count). The summed E-state index contributed by atoms with van der Waals surface area (Å²) in [7, 11) is 1.80. The lowest BCUT2D eigenvalue weighted by Crippen LogP contribution is -2.48. The van der Waals surface area contributed by atoms with E-state index in [0.717, 1.165) is 31.5 Å². The summed E-state index contributed by atoms with van der Waals surface area (Å²) in [5.74, 6) is -0.174. The van der Waals surface area contributed by atoms with Gasteiger partial charge in [-0.2, -0.15) is 5.10 Å². The van der Waals surface area contributed by atoms with Crippen LogP contribution in [0.5, 0.6) is 0 Å². The maximum atomic E-state index is 11.9. The predicted octanol–water partition coefficient (Wildman–Crippen LogP) is 1.90. The lowest BCUT2D eigenvalue weighted by molar-refractivity contribution is -0.150. The highest BCUT2D eigenvalue weighted by Crippen LogP contribution is 2.16. The van der Waals surface area contributed by atoms with Gasteiger partial charge in [-0.25, -0.2) is 0 Å². The highest BCUT2D eigenvalue weighted by molar-refractivity contribution is 5.80. The number of nitrogens with zero attached hydrogens (tertiary/aromatic N) is 2. The SMILES string of the molecule is CCOC(=O)C(C)(CCCCn1ccc(C)n1)NC. The quantitative estimate of drug-likeness (QED) is 0.577. The fourth-order valence-electron chi connectivity index (χ4n) is 1.96. The molecule has 0 spiro atoms. The number of carbonyl (C=O) groups is 1. The largest absolute Gasteiger partial charge is 0.465 e. The van der Waals surface area contributed by atoms with E-state index in [4.69, 9.17) is 4.74 Å². The first-order valence-corrected chi connectivity index (χ1v) is 6.88. The van der Waals surface area contributed by atoms with Crippen molar-refractivity contribution in [3.8, 4) is 0 Å². The van der Waals surface area contributed by atoms with E-state index < -0.39 is 5.54 Å². The number of unbranched alkanes of at least 4 members (excludes halogenated alkanes) is 1. The van der Waals surface area contributed by atoms with Gasteiger partial charge < -0.3 is 10.1 Å². The molecule has 108 valence electrons. The Kier molecular flexibility index (Phi) is 6.02. The van der Waals surface area contributed by atoms with Crippen molar-refractivity contribution in [1.82, 2.24) is 15.1 Å². The topological polar surface area (TPSA) is 56.2 Å². The molecule has 1 heterocycles. The van der Waals surface area contributed by atoms with Gasteiger partial charge in [0.05, 0.1) is 12.3 Å². The molecule has 1 unspecified atom stereocenters. The summed E-state index contributed by atoms with van der Waals surface area (Å²) in [6.07, 6.45) is 4.70. The van der Waals surface area contributed by atoms with Crippen molar-refractivity contribution >= 4 is 5.97 Å². The Labute approximate surface area is 115 Å². The molecule has 0 aromatic carbocycles. The van der Waals surface area contributed by atoms with Gasteiger partial charge in [0, 0.05) is 12.7 Å². The van der Waals surface area contributed by atoms with E-state index in [1.807, 2.05) is 37.7 Å². The molecule has 1 aromatic heterocycles. The standard InChI is InChI=1S/C14H25N3O2/c1-5-19-13(18)14(3,15-4)9-6-7-10-17-11-8-12(2)16-17/h8,11,15H,5-7,9-10H2,1-4H3. The van der Waals surface area contributed by atoms with Crippen molar-refractivity contribution in [3.05, 3.63) is 18.0 Å². The molecule has 0 saturated carbocycles. The van der Waals surface area contributed by atoms with Gasteiger partial charge in [0.1, 0.15) is 5.54 Å². The van der Waals surface area contributed by atoms with Crippen molar-refractivity contribution in [2.45, 2.75) is 52.1 Å². The summed E-state index contributed by atoms with van der Waals surface area (Å²) in [6, 6.07) is 2.00. The predicted molar refractivity (Wildman–Crippen MR) is 74.9 cm³/mol. The first-order chi connectivity index (χ1) is 9.01. The number of aryl methyl sites for hydroxylation is 2. The van der Waals surface area contributed by atoms with Crippen molar-refractivity contribution in [3.63, 3.8) is 0 Å². The van der Waals surface area contributed by atoms with Crippen LogP contribution in [0.15, 0.2) is 12.3 Å². The van der Waals surface area contributed by atoms with Gasteiger partial charge in [0.25, 0.3) is 0 Å². The number of ether oxygens (including phenoxy) is 1. The second kappa shape index (κ2) is 7.28. The number of hydrogen-bond acceptors (Lipinski definition) is 4. The van der Waals surface area contributed by atoms with Crippen LogP contribution in [0.3, 0.4) is 0 Å². The number of aromatic nitrogens is 2. The first-order valence-electron chi connectivity index (χ1n) is 6.88. The van der Waals surface area contributed by atoms with Crippen molar-refractivity contribution in [1.29, 1.82) is 0 Å². The highest BCUT2D eigenvalue weighted by Gasteiger charge is 2.32. The van der Waals surface area contributed by atoms with E-state index in [2.05, 4.69) is 10.4 Å². The number of rotatable bonds is 8. The minimum absolute atomic E-state index is 0.174. The fourth-order valence-corrected chi connectivity index (χ4v) is 1.96. The number of likely N-dealkylation sites (N-methyl/N-ethyl adjacent to an activating group) is 1. The third-order valence-corrected chi connectivity index (χ3v) is 3.37. The van der Waals surface area contributed by atoms with Crippen LogP contribution in [0.1, 0.15) is 38.8 Å². The molecule has 0 aliphatic rings. The lowest BCUT2D eigenvalue weighted by atomic mass is 9.95. The molecule has 0 saturated heterocycles. The smallest absolute Gasteiger partial charge is 0.326 e. The Hall–Kier alpha value is -1.36. The molecule has 0 radical (unpaired) electrons. The van der Waals surface area contributed by atoms with E-state index in [-0.39, 0.29) is 5.97 Å². The van der Waals surface area contributed by atoms with Gasteiger partial charge in [-0.3, -0.25) is 9.48 Å². The van der Waals surface area contributed by atoms with E-state index in [1.54, 1.807) is 7.05 Å². The molecule has 1 aromatic rings. The number of hydrogen-bond donors (Lipinski definition) is 1. The van der Waals surface area contributed by atoms with Crippen LogP contribution < -0.4 is 5.32 Å². The zero-order valence-corrected chi connectivity index (χ0v) is 12.4. The van der Waals surface area contributed by atoms with E-state index in [9.17, 15) is 4.79 Å². The summed E-state index contributed by atoms with van der Waals surface area (Å²) in [5, 5.41) is 7.41. The number of nitrogens with one attached hydrogen (secondary N) is 1. The van der Waals surface area contributed by atoms with Crippen LogP contribution in [0.2, 0.25) is 0 Å². The second-order valence-corrected chi connectivity index (χ2v) is 4.98. The Bertz CT molecular complexity index is 403. The fraction of sp³-hybridized carbons (Fsp3) is 0.714. The molecular formula is C14H25N3O2. The first kappa shape index (κ1) is 15.7. The summed E-state index contributed by atoms with van der Waals surface area (Å²) in [4.78, 5) is 11.9. The van der Waals surface area contributed by atoms with E-state index in [0.29, 0.717) is 6.61 Å². The van der Waals surface area contributed by atoms with Crippen molar-refractivity contribution in [2.24, 2.45) is 0 Å². The Morgan fingerprint density at radius 1 is 1.53 bits per heavy atom. The molecule has 0 aliphatic heterocycles. The average molecular weight is 267 g/mol. The minimum atomic E-state index is -0.587. The van der Waals surface area contributed by atoms with Gasteiger partial charge in [-0.1, -0.05) is 0 Å². The number of carbonyl (C=O) groups excluding carboxylic acids is 1. The minimum Gasteiger partial charge on any atom is -0.465 e. The summed E-state index contributed by atoms with van der Waals surface area (Å²) >= 11 is 0. The van der Waals surface area contributed by atoms with Gasteiger partial charge >= 0.3 is 5.97 Å². The maximum absolute atomic E-state index is 11.9. The average Bonchev–Trinajstić information content (AvgIpc) is 2.80. The Balaban J connectivity index is 2.35. The Morgan fingerprint density at radius 2 is 2.26 bits per heavy atom. The third kappa shape index (κ3) is 4.67. The molecular weight excluding hydrogens is 242 g/mol. The monoisotopic (exact) mass is 267 g/mol. The molecule has 19 heavy (non-hydrogen) atoms. The molecule has 5 heteroatoms. The van der Waals surface area contributed by atoms with Gasteiger partial charge in [0.15, 0.2) is 0 Å². The molecule has 1 atom stereocenters. The van der Waals surface area contributed by atoms with Crippen LogP contribution >= 0.6 is 0 Å². The van der Waals surface area contributed by atoms with E-state index >= 15 is 0 Å². The van der Waals surface area contributed by atoms with Gasteiger partial charge in [-0.05, 0) is 53.1 Å². The summed E-state index contributed by atoms with van der Waals surface area (Å²) in [6.45, 7) is 7.01. The van der Waals surface area contributed by atoms with Crippen molar-refractivity contribution < 1.29 is 9.53 Å². The van der Waals surface area contributed by atoms with Gasteiger partial charge in [-0.15, -0.1) is 0 Å². The van der Waals surface area contributed by atoms with Gasteiger partial charge in [0.2, 0.25) is 0 Å². The van der Waals surface area contributed by atoms with Crippen LogP contribution in [0.4, 0.5) is 0 Å². The zero-order chi connectivity index (χ0) is 14.3. The van der Waals surface area contributed by atoms with E-state index in [1.165, 1.54) is 0 Å². The highest BCUT2D eigenvalue weighted by atomic mass is 16.5. The van der Waals surface area contributed by atoms with Crippen LogP contribution in [0, 0.1) is 6.92 Å². The number of esters is 1. The normalized spacial score (nSPS) is 14.1. The van der Waals surface area contributed by atoms with Crippen molar-refractivity contribution in [2.75, 3.05) is 13.7 Å². The molecule has 5 nitrogen and oxygen atoms in total. The Morgan fingerprint density at radius 3 is 2.79 bits per heavy atom. The zero-order valence-electron chi connectivity index (χ0n) is 12.4. The molecule has 0 aliphatic carbocycles. The lowest BCUT2D eigenvalue weighted by Gasteiger charge is -2.26. The van der Waals surface area contributed by atoms with Crippen LogP contribution in [-0.4, -0.2) is 34.9 Å². The summed E-state index contributed by atoms with van der Waals surface area (Å²) in [5.41, 5.74) is 0.447. The molecule has 0 amide bonds. The van der Waals surface area contributed by atoms with Crippen LogP contribution in [-0.2, 0) is 16.1 Å². The molecule has 0 fully saturated rings.